The molecule has 4 N–H and O–H groups in total. The third-order valence-electron chi connectivity index (χ3n) is 2.06. The van der Waals surface area contributed by atoms with Crippen LogP contribution in [0.15, 0.2) is 11.1 Å². The molecule has 8 nitrogen and oxygen atoms in total. The number of carbonyl (C=O) groups excluding carboxylic acids is 1. The van der Waals surface area contributed by atoms with Crippen LogP contribution in [0.4, 0.5) is 5.82 Å². The lowest BCUT2D eigenvalue weighted by atomic mass is 10.5. The highest BCUT2D eigenvalue weighted by atomic mass is 32.2. The molecule has 0 aliphatic heterocycles. The van der Waals surface area contributed by atoms with Gasteiger partial charge in [-0.2, -0.15) is 9.40 Å². The van der Waals surface area contributed by atoms with Crippen molar-refractivity contribution >= 4 is 21.7 Å². The van der Waals surface area contributed by atoms with Gasteiger partial charge in [0.1, 0.15) is 10.7 Å². The first-order chi connectivity index (χ1) is 7.89. The van der Waals surface area contributed by atoms with Crippen molar-refractivity contribution in [3.05, 3.63) is 6.20 Å². The van der Waals surface area contributed by atoms with Gasteiger partial charge in [-0.15, -0.1) is 0 Å². The highest BCUT2D eigenvalue weighted by Crippen LogP contribution is 2.17. The van der Waals surface area contributed by atoms with Crippen LogP contribution < -0.4 is 11.1 Å². The first kappa shape index (κ1) is 13.5. The summed E-state index contributed by atoms with van der Waals surface area (Å²) in [7, 11) is -2.48. The quantitative estimate of drug-likeness (QED) is 0.611. The van der Waals surface area contributed by atoms with Gasteiger partial charge in [-0.1, -0.05) is 0 Å². The molecule has 0 bridgehead atoms. The Bertz CT molecular complexity index is 495. The molecule has 0 saturated carbocycles. The summed E-state index contributed by atoms with van der Waals surface area (Å²) in [5, 5.41) is 8.37. The fourth-order valence-electron chi connectivity index (χ4n) is 1.20. The molecule has 0 atom stereocenters. The smallest absolute Gasteiger partial charge is 0.248 e. The summed E-state index contributed by atoms with van der Waals surface area (Å²) in [5.41, 5.74) is 5.43. The van der Waals surface area contributed by atoms with E-state index >= 15 is 0 Å². The summed E-state index contributed by atoms with van der Waals surface area (Å²) in [6, 6.07) is 0. The molecule has 96 valence electrons. The van der Waals surface area contributed by atoms with Crippen LogP contribution in [0.1, 0.15) is 6.92 Å². The van der Waals surface area contributed by atoms with Gasteiger partial charge in [0, 0.05) is 13.6 Å². The van der Waals surface area contributed by atoms with Crippen molar-refractivity contribution in [1.82, 2.24) is 19.8 Å². The Balaban J connectivity index is 2.85. The molecule has 0 unspecified atom stereocenters. The molecule has 0 saturated heterocycles. The van der Waals surface area contributed by atoms with Gasteiger partial charge in [0.25, 0.3) is 0 Å². The van der Waals surface area contributed by atoms with Gasteiger partial charge in [-0.05, 0) is 6.92 Å². The van der Waals surface area contributed by atoms with E-state index in [0.717, 1.165) is 10.5 Å². The van der Waals surface area contributed by atoms with Crippen LogP contribution in [-0.2, 0) is 14.8 Å². The molecule has 1 amide bonds. The Kier molecular flexibility index (Phi) is 4.07. The minimum atomic E-state index is -3.79. The molecular weight excluding hydrogens is 246 g/mol. The second-order valence-electron chi connectivity index (χ2n) is 3.36. The van der Waals surface area contributed by atoms with Crippen LogP contribution in [-0.4, -0.2) is 49.0 Å². The van der Waals surface area contributed by atoms with E-state index < -0.39 is 10.0 Å². The minimum absolute atomic E-state index is 0.0484. The van der Waals surface area contributed by atoms with Crippen LogP contribution in [0.2, 0.25) is 0 Å². The molecule has 1 rings (SSSR count). The van der Waals surface area contributed by atoms with Crippen molar-refractivity contribution in [2.24, 2.45) is 0 Å². The molecule has 0 aliphatic carbocycles. The molecular formula is C8H15N5O3S. The number of nitrogens with two attached hydrogens (primary N) is 1. The molecule has 0 radical (unpaired) electrons. The molecule has 1 aromatic heterocycles. The largest absolute Gasteiger partial charge is 0.383 e. The van der Waals surface area contributed by atoms with E-state index in [4.69, 9.17) is 5.73 Å². The molecule has 0 fully saturated rings. The lowest BCUT2D eigenvalue weighted by molar-refractivity contribution is -0.121. The lowest BCUT2D eigenvalue weighted by Crippen LogP contribution is -2.38. The van der Waals surface area contributed by atoms with Gasteiger partial charge in [0.2, 0.25) is 15.9 Å². The highest BCUT2D eigenvalue weighted by molar-refractivity contribution is 7.89. The average molecular weight is 261 g/mol. The number of aromatic nitrogens is 2. The Labute approximate surface area is 99.2 Å². The van der Waals surface area contributed by atoms with Crippen LogP contribution in [0.3, 0.4) is 0 Å². The number of hydrogen-bond acceptors (Lipinski definition) is 5. The summed E-state index contributed by atoms with van der Waals surface area (Å²) in [5.74, 6) is -0.423. The Morgan fingerprint density at radius 1 is 1.65 bits per heavy atom. The number of hydrogen-bond donors (Lipinski definition) is 3. The number of likely N-dealkylation sites (N-methyl/N-ethyl adjacent to an activating group) is 2. The van der Waals surface area contributed by atoms with Gasteiger partial charge in [-0.3, -0.25) is 9.89 Å². The van der Waals surface area contributed by atoms with Crippen LogP contribution in [0, 0.1) is 0 Å². The number of amides is 1. The number of carbonyl (C=O) groups is 1. The molecule has 1 heterocycles. The van der Waals surface area contributed by atoms with E-state index in [1.807, 2.05) is 0 Å². The molecule has 17 heavy (non-hydrogen) atoms. The Morgan fingerprint density at radius 3 is 2.76 bits per heavy atom. The molecule has 0 aliphatic rings. The summed E-state index contributed by atoms with van der Waals surface area (Å²) in [6.45, 7) is 1.93. The van der Waals surface area contributed by atoms with Crippen molar-refractivity contribution in [1.29, 1.82) is 0 Å². The predicted octanol–water partition coefficient (Wildman–Crippen LogP) is -1.25. The molecule has 0 spiro atoms. The summed E-state index contributed by atoms with van der Waals surface area (Å²) >= 11 is 0. The van der Waals surface area contributed by atoms with Gasteiger partial charge >= 0.3 is 0 Å². The summed E-state index contributed by atoms with van der Waals surface area (Å²) in [6.07, 6.45) is 1.11. The second kappa shape index (κ2) is 5.15. The topological polar surface area (TPSA) is 121 Å². The third-order valence-corrected chi connectivity index (χ3v) is 3.89. The lowest BCUT2D eigenvalue weighted by Gasteiger charge is -2.15. The van der Waals surface area contributed by atoms with Crippen LogP contribution in [0.25, 0.3) is 0 Å². The first-order valence-electron chi connectivity index (χ1n) is 4.91. The van der Waals surface area contributed by atoms with Crippen molar-refractivity contribution < 1.29 is 13.2 Å². The third kappa shape index (κ3) is 2.94. The van der Waals surface area contributed by atoms with Gasteiger partial charge in [0.05, 0.1) is 12.7 Å². The van der Waals surface area contributed by atoms with Gasteiger partial charge in [0.15, 0.2) is 0 Å². The maximum absolute atomic E-state index is 12.0. The predicted molar refractivity (Wildman–Crippen MR) is 61.5 cm³/mol. The zero-order valence-electron chi connectivity index (χ0n) is 9.60. The van der Waals surface area contributed by atoms with E-state index in [-0.39, 0.29) is 23.2 Å². The maximum atomic E-state index is 12.0. The molecule has 0 aromatic carbocycles. The SMILES string of the molecule is CCNC(=O)CN(C)S(=O)(=O)c1cn[nH]c1N. The maximum Gasteiger partial charge on any atom is 0.248 e. The Morgan fingerprint density at radius 2 is 2.29 bits per heavy atom. The fourth-order valence-corrected chi connectivity index (χ4v) is 2.33. The number of rotatable bonds is 5. The van der Waals surface area contributed by atoms with Crippen molar-refractivity contribution in [2.45, 2.75) is 11.8 Å². The van der Waals surface area contributed by atoms with Crippen molar-refractivity contribution in [3.8, 4) is 0 Å². The second-order valence-corrected chi connectivity index (χ2v) is 5.38. The number of nitrogens with one attached hydrogen (secondary N) is 2. The van der Waals surface area contributed by atoms with E-state index in [1.165, 1.54) is 7.05 Å². The van der Waals surface area contributed by atoms with E-state index in [2.05, 4.69) is 15.5 Å². The van der Waals surface area contributed by atoms with E-state index in [1.54, 1.807) is 6.92 Å². The molecule has 1 aromatic rings. The van der Waals surface area contributed by atoms with Gasteiger partial charge in [-0.25, -0.2) is 8.42 Å². The average Bonchev–Trinajstić information content (AvgIpc) is 2.65. The van der Waals surface area contributed by atoms with E-state index in [0.29, 0.717) is 6.54 Å². The van der Waals surface area contributed by atoms with Crippen molar-refractivity contribution in [3.63, 3.8) is 0 Å². The minimum Gasteiger partial charge on any atom is -0.383 e. The highest BCUT2D eigenvalue weighted by Gasteiger charge is 2.26. The number of sulfonamides is 1. The Hall–Kier alpha value is -1.61. The van der Waals surface area contributed by atoms with Gasteiger partial charge < -0.3 is 11.1 Å². The number of nitrogen functional groups attached to an aromatic ring is 1. The van der Waals surface area contributed by atoms with Crippen LogP contribution in [0.5, 0.6) is 0 Å². The normalized spacial score (nSPS) is 11.7. The number of nitrogens with zero attached hydrogens (tertiary/aromatic N) is 2. The number of aromatic amines is 1. The fraction of sp³-hybridized carbons (Fsp3) is 0.500. The summed E-state index contributed by atoms with van der Waals surface area (Å²) < 4.78 is 24.8. The number of anilines is 1. The first-order valence-corrected chi connectivity index (χ1v) is 6.35. The standard InChI is InChI=1S/C8H15N5O3S/c1-3-10-7(14)5-13(2)17(15,16)6-4-11-12-8(6)9/h4H,3,5H2,1-2H3,(H,10,14)(H3,9,11,12). The summed E-state index contributed by atoms with van der Waals surface area (Å²) in [4.78, 5) is 11.1. The van der Waals surface area contributed by atoms with Crippen molar-refractivity contribution in [2.75, 3.05) is 25.9 Å². The zero-order valence-corrected chi connectivity index (χ0v) is 10.4. The van der Waals surface area contributed by atoms with E-state index in [9.17, 15) is 13.2 Å². The monoisotopic (exact) mass is 261 g/mol. The molecule has 9 heteroatoms. The zero-order chi connectivity index (χ0) is 13.1. The van der Waals surface area contributed by atoms with Crippen LogP contribution >= 0.6 is 0 Å². The number of H-pyrrole nitrogens is 1.